The second-order valence-corrected chi connectivity index (χ2v) is 6.10. The molecular weight excluding hydrogens is 371 g/mol. The molecule has 2 amide bonds. The van der Waals surface area contributed by atoms with Gasteiger partial charge >= 0.3 is 6.18 Å². The van der Waals surface area contributed by atoms with E-state index >= 15 is 0 Å². The fraction of sp³-hybridized carbons (Fsp3) is 0.222. The fourth-order valence-electron chi connectivity index (χ4n) is 2.61. The summed E-state index contributed by atoms with van der Waals surface area (Å²) in [7, 11) is 0. The molecule has 142 valence electrons. The highest BCUT2D eigenvalue weighted by molar-refractivity contribution is 5.98. The molecule has 0 radical (unpaired) electrons. The first-order chi connectivity index (χ1) is 12.6. The van der Waals surface area contributed by atoms with Gasteiger partial charge in [-0.15, -0.1) is 0 Å². The van der Waals surface area contributed by atoms with Crippen LogP contribution in [0.25, 0.3) is 0 Å². The van der Waals surface area contributed by atoms with Gasteiger partial charge in [0, 0.05) is 24.3 Å². The molecule has 0 aliphatic carbocycles. The van der Waals surface area contributed by atoms with Crippen molar-refractivity contribution in [2.75, 3.05) is 18.4 Å². The van der Waals surface area contributed by atoms with Gasteiger partial charge in [-0.1, -0.05) is 0 Å². The largest absolute Gasteiger partial charge is 0.416 e. The number of carbonyl (C=O) groups is 2. The predicted octanol–water partition coefficient (Wildman–Crippen LogP) is 3.69. The Kier molecular flexibility index (Phi) is 4.86. The number of amides is 2. The average Bonchev–Trinajstić information content (AvgIpc) is 2.55. The zero-order chi connectivity index (χ0) is 19.8. The Morgan fingerprint density at radius 2 is 1.59 bits per heavy atom. The zero-order valence-electron chi connectivity index (χ0n) is 13.7. The third-order valence-electron chi connectivity index (χ3n) is 4.19. The fourth-order valence-corrected chi connectivity index (χ4v) is 2.61. The number of rotatable bonds is 3. The molecule has 3 rings (SSSR count). The highest BCUT2D eigenvalue weighted by Gasteiger charge is 2.36. The molecule has 9 heteroatoms. The van der Waals surface area contributed by atoms with Gasteiger partial charge in [0.1, 0.15) is 0 Å². The summed E-state index contributed by atoms with van der Waals surface area (Å²) < 4.78 is 63.6. The van der Waals surface area contributed by atoms with E-state index in [2.05, 4.69) is 5.32 Å². The molecule has 2 aromatic rings. The van der Waals surface area contributed by atoms with Gasteiger partial charge in [0.2, 0.25) is 5.91 Å². The van der Waals surface area contributed by atoms with Crippen LogP contribution >= 0.6 is 0 Å². The number of anilines is 1. The molecule has 27 heavy (non-hydrogen) atoms. The van der Waals surface area contributed by atoms with Gasteiger partial charge in [0.25, 0.3) is 5.91 Å². The van der Waals surface area contributed by atoms with Crippen molar-refractivity contribution in [1.82, 2.24) is 4.90 Å². The van der Waals surface area contributed by atoms with E-state index in [1.807, 2.05) is 0 Å². The standard InChI is InChI=1S/C18H13F5N2O2/c19-14-6-1-10(7-15(14)20)17(27)25-8-11(9-25)16(26)24-13-4-2-12(3-5-13)18(21,22)23/h1-7,11H,8-9H2,(H,24,26). The molecule has 0 spiro atoms. The van der Waals surface area contributed by atoms with Crippen molar-refractivity contribution < 1.29 is 31.5 Å². The van der Waals surface area contributed by atoms with Gasteiger partial charge in [-0.3, -0.25) is 9.59 Å². The summed E-state index contributed by atoms with van der Waals surface area (Å²) in [6, 6.07) is 6.78. The monoisotopic (exact) mass is 384 g/mol. The first-order valence-electron chi connectivity index (χ1n) is 7.87. The normalized spacial score (nSPS) is 14.6. The molecule has 0 saturated carbocycles. The number of hydrogen-bond acceptors (Lipinski definition) is 2. The Morgan fingerprint density at radius 3 is 2.15 bits per heavy atom. The van der Waals surface area contributed by atoms with E-state index in [0.29, 0.717) is 0 Å². The molecule has 4 nitrogen and oxygen atoms in total. The van der Waals surface area contributed by atoms with Crippen LogP contribution < -0.4 is 5.32 Å². The van der Waals surface area contributed by atoms with Crippen molar-refractivity contribution in [2.45, 2.75) is 6.18 Å². The summed E-state index contributed by atoms with van der Waals surface area (Å²) in [5.41, 5.74) is -0.652. The van der Waals surface area contributed by atoms with Crippen molar-refractivity contribution in [2.24, 2.45) is 5.92 Å². The van der Waals surface area contributed by atoms with E-state index in [-0.39, 0.29) is 24.3 Å². The van der Waals surface area contributed by atoms with E-state index in [1.54, 1.807) is 0 Å². The number of nitrogens with one attached hydrogen (secondary N) is 1. The van der Waals surface area contributed by atoms with E-state index in [1.165, 1.54) is 4.90 Å². The Balaban J connectivity index is 1.55. The average molecular weight is 384 g/mol. The van der Waals surface area contributed by atoms with Crippen LogP contribution in [0, 0.1) is 17.6 Å². The summed E-state index contributed by atoms with van der Waals surface area (Å²) in [4.78, 5) is 25.5. The third-order valence-corrected chi connectivity index (χ3v) is 4.19. The van der Waals surface area contributed by atoms with Crippen molar-refractivity contribution in [3.63, 3.8) is 0 Å². The maximum Gasteiger partial charge on any atom is 0.416 e. The van der Waals surface area contributed by atoms with Gasteiger partial charge in [0.05, 0.1) is 11.5 Å². The molecule has 1 N–H and O–H groups in total. The number of hydrogen-bond donors (Lipinski definition) is 1. The lowest BCUT2D eigenvalue weighted by Gasteiger charge is -2.38. The maximum absolute atomic E-state index is 13.2. The van der Waals surface area contributed by atoms with Crippen molar-refractivity contribution >= 4 is 17.5 Å². The number of likely N-dealkylation sites (tertiary alicyclic amines) is 1. The number of halogens is 5. The molecule has 1 fully saturated rings. The van der Waals surface area contributed by atoms with Gasteiger partial charge in [-0.25, -0.2) is 8.78 Å². The second kappa shape index (κ2) is 6.98. The highest BCUT2D eigenvalue weighted by Crippen LogP contribution is 2.30. The van der Waals surface area contributed by atoms with Crippen LogP contribution in [0.5, 0.6) is 0 Å². The minimum absolute atomic E-state index is 0.0319. The van der Waals surface area contributed by atoms with E-state index in [4.69, 9.17) is 0 Å². The Labute approximate surface area is 150 Å². The lowest BCUT2D eigenvalue weighted by molar-refractivity contribution is -0.137. The van der Waals surface area contributed by atoms with E-state index < -0.39 is 41.1 Å². The van der Waals surface area contributed by atoms with Crippen LogP contribution in [0.3, 0.4) is 0 Å². The Bertz CT molecular complexity index is 874. The first-order valence-corrected chi connectivity index (χ1v) is 7.87. The number of alkyl halides is 3. The van der Waals surface area contributed by atoms with Gasteiger partial charge < -0.3 is 10.2 Å². The molecule has 0 unspecified atom stereocenters. The van der Waals surface area contributed by atoms with E-state index in [0.717, 1.165) is 42.5 Å². The SMILES string of the molecule is O=C(Nc1ccc(C(F)(F)F)cc1)C1CN(C(=O)c2ccc(F)c(F)c2)C1. The summed E-state index contributed by atoms with van der Waals surface area (Å²) in [6.45, 7) is 0.147. The molecule has 0 bridgehead atoms. The number of benzene rings is 2. The molecule has 1 aliphatic heterocycles. The third kappa shape index (κ3) is 4.07. The summed E-state index contributed by atoms with van der Waals surface area (Å²) in [5.74, 6) is -3.72. The number of carbonyl (C=O) groups excluding carboxylic acids is 2. The van der Waals surface area contributed by atoms with Gasteiger partial charge in [-0.2, -0.15) is 13.2 Å². The lowest BCUT2D eigenvalue weighted by Crippen LogP contribution is -2.54. The van der Waals surface area contributed by atoms with Crippen molar-refractivity contribution in [3.05, 3.63) is 65.2 Å². The van der Waals surface area contributed by atoms with Gasteiger partial charge in [0.15, 0.2) is 11.6 Å². The predicted molar refractivity (Wildman–Crippen MR) is 85.8 cm³/mol. The smallest absolute Gasteiger partial charge is 0.337 e. The minimum atomic E-state index is -4.46. The zero-order valence-corrected chi connectivity index (χ0v) is 13.7. The Hall–Kier alpha value is -2.97. The quantitative estimate of drug-likeness (QED) is 0.821. The Morgan fingerprint density at radius 1 is 0.963 bits per heavy atom. The number of nitrogens with zero attached hydrogens (tertiary/aromatic N) is 1. The molecular formula is C18H13F5N2O2. The molecule has 0 atom stereocenters. The lowest BCUT2D eigenvalue weighted by atomic mass is 9.97. The van der Waals surface area contributed by atoms with E-state index in [9.17, 15) is 31.5 Å². The van der Waals surface area contributed by atoms with Crippen molar-refractivity contribution in [1.29, 1.82) is 0 Å². The molecule has 1 heterocycles. The van der Waals surface area contributed by atoms with Crippen LogP contribution in [0.15, 0.2) is 42.5 Å². The maximum atomic E-state index is 13.2. The van der Waals surface area contributed by atoms with Crippen LogP contribution in [0.2, 0.25) is 0 Å². The first kappa shape index (κ1) is 18.8. The van der Waals surface area contributed by atoms with Crippen LogP contribution in [-0.2, 0) is 11.0 Å². The highest BCUT2D eigenvalue weighted by atomic mass is 19.4. The topological polar surface area (TPSA) is 49.4 Å². The van der Waals surface area contributed by atoms with Crippen LogP contribution in [0.1, 0.15) is 15.9 Å². The second-order valence-electron chi connectivity index (χ2n) is 6.10. The van der Waals surface area contributed by atoms with Crippen molar-refractivity contribution in [3.8, 4) is 0 Å². The molecule has 0 aromatic heterocycles. The van der Waals surface area contributed by atoms with Crippen LogP contribution in [-0.4, -0.2) is 29.8 Å². The van der Waals surface area contributed by atoms with Gasteiger partial charge in [-0.05, 0) is 42.5 Å². The molecule has 1 aliphatic rings. The molecule has 2 aromatic carbocycles. The summed E-state index contributed by atoms with van der Waals surface area (Å²) >= 11 is 0. The summed E-state index contributed by atoms with van der Waals surface area (Å²) in [6.07, 6.45) is -4.46. The van der Waals surface area contributed by atoms with Crippen LogP contribution in [0.4, 0.5) is 27.6 Å². The molecule has 1 saturated heterocycles. The minimum Gasteiger partial charge on any atom is -0.337 e. The summed E-state index contributed by atoms with van der Waals surface area (Å²) in [5, 5.41) is 2.48.